The van der Waals surface area contributed by atoms with E-state index in [1.807, 2.05) is 53.4 Å². The van der Waals surface area contributed by atoms with E-state index in [-0.39, 0.29) is 11.9 Å². The third-order valence-electron chi connectivity index (χ3n) is 4.49. The minimum Gasteiger partial charge on any atom is -0.399 e. The lowest BCUT2D eigenvalue weighted by atomic mass is 10.0. The Morgan fingerprint density at radius 2 is 1.91 bits per heavy atom. The number of hydrogen-bond donors (Lipinski definition) is 1. The standard InChI is InChI=1S/C19H21ClN2O/c20-16-10-7-15(8-11-16)18-6-3-13-22(18)19(23)12-9-14-4-1-2-5-17(14)21/h1-2,4-5,7-8,10-11,18H,3,6,9,12-13,21H2. The molecule has 0 bridgehead atoms. The van der Waals surface area contributed by atoms with Crippen LogP contribution in [0.15, 0.2) is 48.5 Å². The Labute approximate surface area is 142 Å². The minimum absolute atomic E-state index is 0.174. The summed E-state index contributed by atoms with van der Waals surface area (Å²) in [6, 6.07) is 15.7. The Bertz CT molecular complexity index is 684. The lowest BCUT2D eigenvalue weighted by Crippen LogP contribution is -2.30. The van der Waals surface area contributed by atoms with Crippen molar-refractivity contribution in [3.63, 3.8) is 0 Å². The van der Waals surface area contributed by atoms with Gasteiger partial charge in [0.1, 0.15) is 0 Å². The first-order chi connectivity index (χ1) is 11.1. The van der Waals surface area contributed by atoms with Crippen LogP contribution in [0.3, 0.4) is 0 Å². The van der Waals surface area contributed by atoms with Crippen LogP contribution in [0.1, 0.15) is 36.4 Å². The van der Waals surface area contributed by atoms with Crippen molar-refractivity contribution < 1.29 is 4.79 Å². The summed E-state index contributed by atoms with van der Waals surface area (Å²) in [4.78, 5) is 14.6. The number of anilines is 1. The summed E-state index contributed by atoms with van der Waals surface area (Å²) in [5.41, 5.74) is 8.93. The van der Waals surface area contributed by atoms with Gasteiger partial charge in [-0.3, -0.25) is 4.79 Å². The van der Waals surface area contributed by atoms with Crippen LogP contribution >= 0.6 is 11.6 Å². The highest BCUT2D eigenvalue weighted by atomic mass is 35.5. The molecule has 1 aliphatic rings. The summed E-state index contributed by atoms with van der Waals surface area (Å²) in [6.07, 6.45) is 3.25. The number of para-hydroxylation sites is 1. The second-order valence-electron chi connectivity index (χ2n) is 6.00. The zero-order valence-corrected chi connectivity index (χ0v) is 13.8. The molecule has 4 heteroatoms. The highest BCUT2D eigenvalue weighted by Gasteiger charge is 2.29. The fraction of sp³-hybridized carbons (Fsp3) is 0.316. The number of aryl methyl sites for hydroxylation is 1. The van der Waals surface area contributed by atoms with E-state index in [9.17, 15) is 4.79 Å². The van der Waals surface area contributed by atoms with Crippen molar-refractivity contribution in [2.75, 3.05) is 12.3 Å². The Morgan fingerprint density at radius 1 is 1.17 bits per heavy atom. The van der Waals surface area contributed by atoms with Crippen molar-refractivity contribution in [2.45, 2.75) is 31.7 Å². The largest absolute Gasteiger partial charge is 0.399 e. The number of nitrogens with two attached hydrogens (primary N) is 1. The molecule has 1 unspecified atom stereocenters. The Morgan fingerprint density at radius 3 is 2.65 bits per heavy atom. The molecule has 2 aromatic rings. The maximum Gasteiger partial charge on any atom is 0.223 e. The van der Waals surface area contributed by atoms with Gasteiger partial charge in [-0.15, -0.1) is 0 Å². The molecule has 2 aromatic carbocycles. The molecule has 3 nitrogen and oxygen atoms in total. The predicted molar refractivity (Wildman–Crippen MR) is 94.3 cm³/mol. The minimum atomic E-state index is 0.174. The first-order valence-corrected chi connectivity index (χ1v) is 8.41. The van der Waals surface area contributed by atoms with Crippen LogP contribution in [0.5, 0.6) is 0 Å². The molecule has 1 heterocycles. The highest BCUT2D eigenvalue weighted by Crippen LogP contribution is 2.33. The van der Waals surface area contributed by atoms with Crippen molar-refractivity contribution in [2.24, 2.45) is 0 Å². The number of benzene rings is 2. The quantitative estimate of drug-likeness (QED) is 0.854. The zero-order valence-electron chi connectivity index (χ0n) is 13.0. The number of amides is 1. The van der Waals surface area contributed by atoms with Gasteiger partial charge in [0, 0.05) is 23.7 Å². The first kappa shape index (κ1) is 15.9. The molecule has 120 valence electrons. The third kappa shape index (κ3) is 3.67. The average molecular weight is 329 g/mol. The molecule has 0 radical (unpaired) electrons. The number of hydrogen-bond acceptors (Lipinski definition) is 2. The van der Waals surface area contributed by atoms with Crippen molar-refractivity contribution >= 4 is 23.2 Å². The molecule has 1 saturated heterocycles. The highest BCUT2D eigenvalue weighted by molar-refractivity contribution is 6.30. The van der Waals surface area contributed by atoms with Crippen LogP contribution < -0.4 is 5.73 Å². The predicted octanol–water partition coefficient (Wildman–Crippen LogP) is 4.22. The molecule has 0 aliphatic carbocycles. The number of nitrogens with zero attached hydrogens (tertiary/aromatic N) is 1. The van der Waals surface area contributed by atoms with Crippen LogP contribution in [-0.4, -0.2) is 17.4 Å². The molecule has 0 spiro atoms. The van der Waals surface area contributed by atoms with Gasteiger partial charge < -0.3 is 10.6 Å². The third-order valence-corrected chi connectivity index (χ3v) is 4.74. The van der Waals surface area contributed by atoms with E-state index < -0.39 is 0 Å². The maximum atomic E-state index is 12.6. The molecule has 1 amide bonds. The molecule has 0 saturated carbocycles. The lowest BCUT2D eigenvalue weighted by Gasteiger charge is -2.25. The van der Waals surface area contributed by atoms with Gasteiger partial charge >= 0.3 is 0 Å². The second-order valence-corrected chi connectivity index (χ2v) is 6.43. The van der Waals surface area contributed by atoms with E-state index in [2.05, 4.69) is 0 Å². The van der Waals surface area contributed by atoms with Gasteiger partial charge in [0.15, 0.2) is 0 Å². The number of carbonyl (C=O) groups excluding carboxylic acids is 1. The Kier molecular flexibility index (Phi) is 4.87. The van der Waals surface area contributed by atoms with Crippen molar-refractivity contribution in [1.29, 1.82) is 0 Å². The smallest absolute Gasteiger partial charge is 0.223 e. The maximum absolute atomic E-state index is 12.6. The molecule has 3 rings (SSSR count). The molecule has 0 aromatic heterocycles. The van der Waals surface area contributed by atoms with Gasteiger partial charge in [-0.1, -0.05) is 41.9 Å². The van der Waals surface area contributed by atoms with E-state index in [0.29, 0.717) is 12.8 Å². The summed E-state index contributed by atoms with van der Waals surface area (Å²) in [7, 11) is 0. The lowest BCUT2D eigenvalue weighted by molar-refractivity contribution is -0.132. The summed E-state index contributed by atoms with van der Waals surface area (Å²) in [5, 5.41) is 0.726. The molecule has 1 atom stereocenters. The normalized spacial score (nSPS) is 17.4. The SMILES string of the molecule is Nc1ccccc1CCC(=O)N1CCCC1c1ccc(Cl)cc1. The van der Waals surface area contributed by atoms with Crippen LogP contribution in [0, 0.1) is 0 Å². The summed E-state index contributed by atoms with van der Waals surface area (Å²) in [6.45, 7) is 0.830. The summed E-state index contributed by atoms with van der Waals surface area (Å²) in [5.74, 6) is 0.200. The van der Waals surface area contributed by atoms with E-state index in [4.69, 9.17) is 17.3 Å². The molecule has 1 fully saturated rings. The van der Waals surface area contributed by atoms with E-state index in [0.717, 1.165) is 35.7 Å². The van der Waals surface area contributed by atoms with Crippen LogP contribution in [0.25, 0.3) is 0 Å². The molecular formula is C19H21ClN2O. The topological polar surface area (TPSA) is 46.3 Å². The van der Waals surface area contributed by atoms with Crippen LogP contribution in [0.2, 0.25) is 5.02 Å². The number of rotatable bonds is 4. The molecule has 2 N–H and O–H groups in total. The van der Waals surface area contributed by atoms with Crippen molar-refractivity contribution in [3.8, 4) is 0 Å². The van der Waals surface area contributed by atoms with Gasteiger partial charge in [-0.05, 0) is 48.6 Å². The fourth-order valence-electron chi connectivity index (χ4n) is 3.24. The first-order valence-electron chi connectivity index (χ1n) is 8.03. The zero-order chi connectivity index (χ0) is 16.2. The van der Waals surface area contributed by atoms with Gasteiger partial charge in [0.05, 0.1) is 6.04 Å². The monoisotopic (exact) mass is 328 g/mol. The number of carbonyl (C=O) groups is 1. The van der Waals surface area contributed by atoms with Gasteiger partial charge in [-0.25, -0.2) is 0 Å². The number of nitrogen functional groups attached to an aromatic ring is 1. The van der Waals surface area contributed by atoms with Gasteiger partial charge in [0.2, 0.25) is 5.91 Å². The van der Waals surface area contributed by atoms with Crippen LogP contribution in [-0.2, 0) is 11.2 Å². The van der Waals surface area contributed by atoms with E-state index >= 15 is 0 Å². The summed E-state index contributed by atoms with van der Waals surface area (Å²) < 4.78 is 0. The average Bonchev–Trinajstić information content (AvgIpc) is 3.04. The molecular weight excluding hydrogens is 308 g/mol. The number of likely N-dealkylation sites (tertiary alicyclic amines) is 1. The summed E-state index contributed by atoms with van der Waals surface area (Å²) >= 11 is 5.96. The molecule has 23 heavy (non-hydrogen) atoms. The van der Waals surface area contributed by atoms with Crippen LogP contribution in [0.4, 0.5) is 5.69 Å². The second kappa shape index (κ2) is 7.05. The van der Waals surface area contributed by atoms with Crippen molar-refractivity contribution in [3.05, 3.63) is 64.7 Å². The Balaban J connectivity index is 1.66. The van der Waals surface area contributed by atoms with Gasteiger partial charge in [0.25, 0.3) is 0 Å². The Hall–Kier alpha value is -2.00. The van der Waals surface area contributed by atoms with E-state index in [1.54, 1.807) is 0 Å². The van der Waals surface area contributed by atoms with Crippen molar-refractivity contribution in [1.82, 2.24) is 4.90 Å². The van der Waals surface area contributed by atoms with E-state index in [1.165, 1.54) is 5.56 Å². The number of halogens is 1. The molecule has 1 aliphatic heterocycles. The van der Waals surface area contributed by atoms with Gasteiger partial charge in [-0.2, -0.15) is 0 Å². The fourth-order valence-corrected chi connectivity index (χ4v) is 3.37.